The van der Waals surface area contributed by atoms with Crippen molar-refractivity contribution in [3.05, 3.63) is 65.2 Å². The molecule has 4 heteroatoms. The number of anilines is 1. The van der Waals surface area contributed by atoms with Crippen molar-refractivity contribution in [1.29, 1.82) is 5.26 Å². The van der Waals surface area contributed by atoms with Crippen LogP contribution in [0, 0.1) is 17.2 Å². The van der Waals surface area contributed by atoms with E-state index in [-0.39, 0.29) is 5.92 Å². The maximum absolute atomic E-state index is 13.0. The summed E-state index contributed by atoms with van der Waals surface area (Å²) in [5.74, 6) is 0.436. The molecule has 26 heavy (non-hydrogen) atoms. The van der Waals surface area contributed by atoms with Crippen molar-refractivity contribution in [3.8, 4) is 6.07 Å². The van der Waals surface area contributed by atoms with E-state index in [1.54, 1.807) is 0 Å². The fourth-order valence-corrected chi connectivity index (χ4v) is 4.07. The molecule has 2 aliphatic rings. The number of likely N-dealkylation sites (tertiary alicyclic amines) is 1. The Morgan fingerprint density at radius 3 is 2.50 bits per heavy atom. The Bertz CT molecular complexity index is 829. The Kier molecular flexibility index (Phi) is 4.73. The van der Waals surface area contributed by atoms with Gasteiger partial charge in [-0.1, -0.05) is 30.3 Å². The van der Waals surface area contributed by atoms with E-state index in [4.69, 9.17) is 5.26 Å². The maximum Gasteiger partial charge on any atom is 0.230 e. The summed E-state index contributed by atoms with van der Waals surface area (Å²) >= 11 is 0. The predicted octanol–water partition coefficient (Wildman–Crippen LogP) is 3.36. The number of benzene rings is 2. The number of hydrogen-bond acceptors (Lipinski definition) is 3. The summed E-state index contributed by atoms with van der Waals surface area (Å²) in [7, 11) is 0. The van der Waals surface area contributed by atoms with E-state index in [0.29, 0.717) is 11.5 Å². The van der Waals surface area contributed by atoms with Crippen LogP contribution in [0.2, 0.25) is 0 Å². The lowest BCUT2D eigenvalue weighted by Gasteiger charge is -2.33. The third-order valence-electron chi connectivity index (χ3n) is 5.58. The second-order valence-corrected chi connectivity index (χ2v) is 7.23. The first kappa shape index (κ1) is 16.8. The number of piperidine rings is 1. The van der Waals surface area contributed by atoms with Crippen molar-refractivity contribution < 1.29 is 4.79 Å². The molecule has 0 radical (unpaired) electrons. The number of carbonyl (C=O) groups excluding carboxylic acids is 1. The third kappa shape index (κ3) is 3.36. The number of para-hydroxylation sites is 1. The van der Waals surface area contributed by atoms with Crippen molar-refractivity contribution in [2.75, 3.05) is 24.5 Å². The van der Waals surface area contributed by atoms with Crippen LogP contribution in [0.15, 0.2) is 48.5 Å². The van der Waals surface area contributed by atoms with E-state index in [0.717, 1.165) is 51.1 Å². The lowest BCUT2D eigenvalue weighted by Crippen LogP contribution is -2.41. The van der Waals surface area contributed by atoms with Crippen molar-refractivity contribution in [2.45, 2.75) is 25.8 Å². The van der Waals surface area contributed by atoms with Crippen molar-refractivity contribution >= 4 is 11.6 Å². The number of rotatable bonds is 3. The van der Waals surface area contributed by atoms with E-state index in [1.807, 2.05) is 35.2 Å². The van der Waals surface area contributed by atoms with Gasteiger partial charge in [-0.2, -0.15) is 5.26 Å². The fourth-order valence-electron chi connectivity index (χ4n) is 4.07. The molecular weight excluding hydrogens is 322 g/mol. The SMILES string of the molecule is N#Cc1ccc(CN2CCC(C(=O)N3CCc4ccccc43)CC2)cc1. The molecule has 0 saturated carbocycles. The standard InChI is InChI=1S/C22H23N3O/c23-15-17-5-7-18(8-6-17)16-24-12-9-20(10-13-24)22(26)25-14-11-19-3-1-2-4-21(19)25/h1-8,20H,9-14,16H2. The van der Waals surface area contributed by atoms with Crippen LogP contribution in [0.5, 0.6) is 0 Å². The quantitative estimate of drug-likeness (QED) is 0.857. The van der Waals surface area contributed by atoms with Gasteiger partial charge in [-0.25, -0.2) is 0 Å². The molecule has 1 saturated heterocycles. The summed E-state index contributed by atoms with van der Waals surface area (Å²) in [5.41, 5.74) is 4.32. The van der Waals surface area contributed by atoms with Gasteiger partial charge >= 0.3 is 0 Å². The zero-order valence-electron chi connectivity index (χ0n) is 14.9. The summed E-state index contributed by atoms with van der Waals surface area (Å²) in [5, 5.41) is 8.89. The number of fused-ring (bicyclic) bond motifs is 1. The zero-order valence-corrected chi connectivity index (χ0v) is 14.9. The number of nitriles is 1. The molecule has 0 unspecified atom stereocenters. The summed E-state index contributed by atoms with van der Waals surface area (Å²) in [6, 6.07) is 18.2. The van der Waals surface area contributed by atoms with E-state index in [9.17, 15) is 4.79 Å². The first-order valence-electron chi connectivity index (χ1n) is 9.35. The first-order chi connectivity index (χ1) is 12.7. The van der Waals surface area contributed by atoms with E-state index < -0.39 is 0 Å². The minimum atomic E-state index is 0.137. The Balaban J connectivity index is 1.33. The topological polar surface area (TPSA) is 47.3 Å². The summed E-state index contributed by atoms with van der Waals surface area (Å²) in [4.78, 5) is 17.4. The van der Waals surface area contributed by atoms with Crippen LogP contribution in [0.25, 0.3) is 0 Å². The van der Waals surface area contributed by atoms with Crippen LogP contribution in [-0.2, 0) is 17.8 Å². The van der Waals surface area contributed by atoms with Gasteiger partial charge in [-0.15, -0.1) is 0 Å². The normalized spacial score (nSPS) is 17.7. The van der Waals surface area contributed by atoms with Gasteiger partial charge in [0.15, 0.2) is 0 Å². The van der Waals surface area contributed by atoms with Crippen molar-refractivity contribution in [3.63, 3.8) is 0 Å². The average molecular weight is 345 g/mol. The molecule has 0 aliphatic carbocycles. The minimum absolute atomic E-state index is 0.137. The maximum atomic E-state index is 13.0. The van der Waals surface area contributed by atoms with Gasteiger partial charge in [-0.05, 0) is 61.7 Å². The monoisotopic (exact) mass is 345 g/mol. The molecular formula is C22H23N3O. The Hall–Kier alpha value is -2.64. The van der Waals surface area contributed by atoms with Gasteiger partial charge in [0.05, 0.1) is 11.6 Å². The highest BCUT2D eigenvalue weighted by atomic mass is 16.2. The number of nitrogens with zero attached hydrogens (tertiary/aromatic N) is 3. The average Bonchev–Trinajstić information content (AvgIpc) is 3.13. The molecule has 1 amide bonds. The molecule has 132 valence electrons. The summed E-state index contributed by atoms with van der Waals surface area (Å²) in [6.45, 7) is 3.61. The molecule has 2 aliphatic heterocycles. The molecule has 0 aromatic heterocycles. The molecule has 4 nitrogen and oxygen atoms in total. The zero-order chi connectivity index (χ0) is 17.9. The number of hydrogen-bond donors (Lipinski definition) is 0. The largest absolute Gasteiger partial charge is 0.312 e. The third-order valence-corrected chi connectivity index (χ3v) is 5.58. The van der Waals surface area contributed by atoms with Crippen LogP contribution in [0.1, 0.15) is 29.5 Å². The molecule has 0 spiro atoms. The molecule has 2 aromatic carbocycles. The lowest BCUT2D eigenvalue weighted by atomic mass is 9.94. The molecule has 2 heterocycles. The molecule has 2 aromatic rings. The van der Waals surface area contributed by atoms with Gasteiger partial charge in [0.2, 0.25) is 5.91 Å². The summed E-state index contributed by atoms with van der Waals surface area (Å²) in [6.07, 6.45) is 2.82. The van der Waals surface area contributed by atoms with Gasteiger partial charge < -0.3 is 4.90 Å². The highest BCUT2D eigenvalue weighted by Crippen LogP contribution is 2.31. The second-order valence-electron chi connectivity index (χ2n) is 7.23. The van der Waals surface area contributed by atoms with Gasteiger partial charge in [-0.3, -0.25) is 9.69 Å². The van der Waals surface area contributed by atoms with Crippen LogP contribution in [0.4, 0.5) is 5.69 Å². The summed E-state index contributed by atoms with van der Waals surface area (Å²) < 4.78 is 0. The molecule has 1 fully saturated rings. The van der Waals surface area contributed by atoms with Crippen molar-refractivity contribution in [1.82, 2.24) is 4.90 Å². The van der Waals surface area contributed by atoms with E-state index in [1.165, 1.54) is 11.1 Å². The molecule has 0 atom stereocenters. The second kappa shape index (κ2) is 7.31. The number of amides is 1. The smallest absolute Gasteiger partial charge is 0.230 e. The highest BCUT2D eigenvalue weighted by Gasteiger charge is 2.32. The van der Waals surface area contributed by atoms with Crippen LogP contribution in [-0.4, -0.2) is 30.4 Å². The Morgan fingerprint density at radius 2 is 1.77 bits per heavy atom. The lowest BCUT2D eigenvalue weighted by molar-refractivity contribution is -0.123. The fraction of sp³-hybridized carbons (Fsp3) is 0.364. The Morgan fingerprint density at radius 1 is 1.04 bits per heavy atom. The minimum Gasteiger partial charge on any atom is -0.312 e. The predicted molar refractivity (Wildman–Crippen MR) is 102 cm³/mol. The van der Waals surface area contributed by atoms with Crippen LogP contribution >= 0.6 is 0 Å². The number of carbonyl (C=O) groups is 1. The molecule has 4 rings (SSSR count). The van der Waals surface area contributed by atoms with Crippen LogP contribution in [0.3, 0.4) is 0 Å². The van der Waals surface area contributed by atoms with Gasteiger partial charge in [0, 0.05) is 24.7 Å². The first-order valence-corrected chi connectivity index (χ1v) is 9.35. The van der Waals surface area contributed by atoms with Crippen molar-refractivity contribution in [2.24, 2.45) is 5.92 Å². The Labute approximate surface area is 154 Å². The van der Waals surface area contributed by atoms with E-state index in [2.05, 4.69) is 29.2 Å². The van der Waals surface area contributed by atoms with Gasteiger partial charge in [0.1, 0.15) is 0 Å². The molecule has 0 bridgehead atoms. The molecule has 0 N–H and O–H groups in total. The van der Waals surface area contributed by atoms with E-state index >= 15 is 0 Å². The van der Waals surface area contributed by atoms with Crippen LogP contribution < -0.4 is 4.90 Å². The highest BCUT2D eigenvalue weighted by molar-refractivity contribution is 5.97. The van der Waals surface area contributed by atoms with Gasteiger partial charge in [0.25, 0.3) is 0 Å².